The van der Waals surface area contributed by atoms with Crippen LogP contribution in [0.5, 0.6) is 0 Å². The summed E-state index contributed by atoms with van der Waals surface area (Å²) in [6.45, 7) is 0. The molecule has 0 saturated carbocycles. The minimum absolute atomic E-state index is 0. The second-order valence-electron chi connectivity index (χ2n) is 1.44. The molecule has 62 valence electrons. The van der Waals surface area contributed by atoms with Crippen molar-refractivity contribution in [3.63, 3.8) is 0 Å². The maximum atomic E-state index is 9.97. The second kappa shape index (κ2) is 6.96. The van der Waals surface area contributed by atoms with Crippen molar-refractivity contribution in [2.75, 3.05) is 0 Å². The summed E-state index contributed by atoms with van der Waals surface area (Å²) in [4.78, 5) is 33.1. The van der Waals surface area contributed by atoms with E-state index in [-0.39, 0.29) is 59.1 Å². The molecular weight excluding hydrogens is 251 g/mol. The molecule has 11 heteroatoms. The quantitative estimate of drug-likeness (QED) is 0.287. The standard InChI is InChI=1S/CH5ClO6P2.2Na/c2-1(9(3,4)5)10(6,7)8;;/h1H,(H2,3,4,5)(H2,6,7,8);;/q;2*+1/p-2. The molecule has 0 aromatic heterocycles. The molecular formula is CH3ClNa2O6P2. The fraction of sp³-hybridized carbons (Fsp3) is 1.00. The number of hydrogen-bond donors (Lipinski definition) is 2. The molecule has 0 fully saturated rings. The molecule has 0 bridgehead atoms. The average Bonchev–Trinajstić information content (AvgIpc) is 1.59. The van der Waals surface area contributed by atoms with Gasteiger partial charge in [-0.15, -0.1) is 11.6 Å². The summed E-state index contributed by atoms with van der Waals surface area (Å²) >= 11 is 4.58. The van der Waals surface area contributed by atoms with Crippen LogP contribution in [0.3, 0.4) is 0 Å². The SMILES string of the molecule is O=P([O-])([O-])C(Cl)P(=O)(O)O.[Na+].[Na+]. The van der Waals surface area contributed by atoms with E-state index in [1.165, 1.54) is 0 Å². The molecule has 0 aliphatic heterocycles. The Bertz CT molecular complexity index is 186. The van der Waals surface area contributed by atoms with Crippen LogP contribution in [0.1, 0.15) is 0 Å². The van der Waals surface area contributed by atoms with Crippen LogP contribution < -0.4 is 68.9 Å². The molecule has 0 aliphatic carbocycles. The minimum Gasteiger partial charge on any atom is -0.809 e. The van der Waals surface area contributed by atoms with Gasteiger partial charge in [0, 0.05) is 0 Å². The van der Waals surface area contributed by atoms with Crippen LogP contribution >= 0.6 is 26.8 Å². The monoisotopic (exact) mass is 254 g/mol. The van der Waals surface area contributed by atoms with Gasteiger partial charge in [-0.1, -0.05) is 0 Å². The molecule has 6 nitrogen and oxygen atoms in total. The maximum Gasteiger partial charge on any atom is 1.00 e. The van der Waals surface area contributed by atoms with E-state index in [0.717, 1.165) is 0 Å². The minimum atomic E-state index is -5.38. The molecule has 1 atom stereocenters. The molecule has 0 amide bonds. The van der Waals surface area contributed by atoms with Gasteiger partial charge in [-0.2, -0.15) is 0 Å². The molecule has 2 N–H and O–H groups in total. The van der Waals surface area contributed by atoms with Gasteiger partial charge in [-0.3, -0.25) is 4.57 Å². The van der Waals surface area contributed by atoms with Crippen molar-refractivity contribution in [3.8, 4) is 0 Å². The van der Waals surface area contributed by atoms with Crippen molar-refractivity contribution >= 4 is 26.8 Å². The summed E-state index contributed by atoms with van der Waals surface area (Å²) in [7, 11) is -10.4. The first-order valence-electron chi connectivity index (χ1n) is 1.86. The van der Waals surface area contributed by atoms with Crippen LogP contribution in [-0.2, 0) is 9.13 Å². The van der Waals surface area contributed by atoms with E-state index in [1.807, 2.05) is 0 Å². The largest absolute Gasteiger partial charge is 1.00 e. The van der Waals surface area contributed by atoms with E-state index in [1.54, 1.807) is 0 Å². The third-order valence-electron chi connectivity index (χ3n) is 0.538. The van der Waals surface area contributed by atoms with Gasteiger partial charge >= 0.3 is 66.7 Å². The number of halogens is 1. The molecule has 12 heavy (non-hydrogen) atoms. The van der Waals surface area contributed by atoms with Gasteiger partial charge in [0.05, 0.1) is 0 Å². The van der Waals surface area contributed by atoms with Gasteiger partial charge in [0.1, 0.15) is 0 Å². The second-order valence-corrected chi connectivity index (χ2v) is 6.18. The third kappa shape index (κ3) is 7.94. The van der Waals surface area contributed by atoms with Gasteiger partial charge in [0.15, 0.2) is 4.86 Å². The predicted octanol–water partition coefficient (Wildman–Crippen LogP) is -7.39. The van der Waals surface area contributed by atoms with Crippen molar-refractivity contribution in [1.82, 2.24) is 0 Å². The van der Waals surface area contributed by atoms with Crippen molar-refractivity contribution in [3.05, 3.63) is 0 Å². The molecule has 1 unspecified atom stereocenters. The summed E-state index contributed by atoms with van der Waals surface area (Å²) < 4.78 is 19.8. The Hall–Kier alpha value is 2.59. The van der Waals surface area contributed by atoms with E-state index in [9.17, 15) is 18.9 Å². The first-order valence-corrected chi connectivity index (χ1v) is 5.59. The van der Waals surface area contributed by atoms with E-state index < -0.39 is 20.1 Å². The normalized spacial score (nSPS) is 14.1. The van der Waals surface area contributed by atoms with E-state index in [0.29, 0.717) is 0 Å². The molecule has 0 aromatic carbocycles. The van der Waals surface area contributed by atoms with Crippen molar-refractivity contribution in [1.29, 1.82) is 0 Å². The first-order chi connectivity index (χ1) is 4.15. The zero-order valence-corrected chi connectivity index (χ0v) is 12.9. The van der Waals surface area contributed by atoms with E-state index in [2.05, 4.69) is 11.6 Å². The number of rotatable bonds is 2. The van der Waals surface area contributed by atoms with E-state index >= 15 is 0 Å². The maximum absolute atomic E-state index is 9.97. The summed E-state index contributed by atoms with van der Waals surface area (Å²) in [6, 6.07) is 0. The Balaban J connectivity index is -0.000000405. The summed E-state index contributed by atoms with van der Waals surface area (Å²) in [5, 5.41) is 0. The molecule has 0 heterocycles. The number of alkyl halides is 1. The molecule has 0 aliphatic rings. The van der Waals surface area contributed by atoms with Crippen LogP contribution in [0, 0.1) is 0 Å². The molecule has 0 rings (SSSR count). The Labute approximate surface area is 118 Å². The van der Waals surface area contributed by atoms with Crippen LogP contribution in [0.2, 0.25) is 0 Å². The van der Waals surface area contributed by atoms with Gasteiger partial charge in [-0.05, 0) is 7.60 Å². The molecule has 0 radical (unpaired) electrons. The fourth-order valence-electron chi connectivity index (χ4n) is 0.184. The van der Waals surface area contributed by atoms with Crippen LogP contribution in [-0.4, -0.2) is 14.6 Å². The smallest absolute Gasteiger partial charge is 0.809 e. The van der Waals surface area contributed by atoms with Gasteiger partial charge in [0.25, 0.3) is 0 Å². The van der Waals surface area contributed by atoms with Gasteiger partial charge < -0.3 is 24.1 Å². The van der Waals surface area contributed by atoms with Gasteiger partial charge in [0.2, 0.25) is 0 Å². The Morgan fingerprint density at radius 3 is 1.42 bits per heavy atom. The Morgan fingerprint density at radius 2 is 1.42 bits per heavy atom. The summed E-state index contributed by atoms with van der Waals surface area (Å²) in [5.41, 5.74) is 0. The molecule has 0 spiro atoms. The average molecular weight is 254 g/mol. The predicted molar refractivity (Wildman–Crippen MR) is 29.3 cm³/mol. The summed E-state index contributed by atoms with van der Waals surface area (Å²) in [6.07, 6.45) is 0. The first kappa shape index (κ1) is 20.1. The fourth-order valence-corrected chi connectivity index (χ4v) is 1.66. The van der Waals surface area contributed by atoms with Crippen molar-refractivity contribution < 1.29 is 87.8 Å². The molecule has 0 aromatic rings. The zero-order valence-electron chi connectivity index (χ0n) is 6.38. The topological polar surface area (TPSA) is 121 Å². The van der Waals surface area contributed by atoms with Crippen LogP contribution in [0.4, 0.5) is 0 Å². The molecule has 0 saturated heterocycles. The third-order valence-corrected chi connectivity index (χ3v) is 4.85. The Kier molecular flexibility index (Phi) is 11.6. The van der Waals surface area contributed by atoms with Crippen LogP contribution in [0.25, 0.3) is 0 Å². The summed E-state index contributed by atoms with van der Waals surface area (Å²) in [5.74, 6) is 0. The van der Waals surface area contributed by atoms with Crippen molar-refractivity contribution in [2.45, 2.75) is 4.86 Å². The van der Waals surface area contributed by atoms with Crippen LogP contribution in [0.15, 0.2) is 0 Å². The van der Waals surface area contributed by atoms with Gasteiger partial charge in [-0.25, -0.2) is 0 Å². The van der Waals surface area contributed by atoms with Crippen molar-refractivity contribution in [2.24, 2.45) is 0 Å². The van der Waals surface area contributed by atoms with E-state index in [4.69, 9.17) is 9.79 Å². The zero-order chi connectivity index (χ0) is 8.58. The Morgan fingerprint density at radius 1 is 1.17 bits per heavy atom. The number of hydrogen-bond acceptors (Lipinski definition) is 4.